The van der Waals surface area contributed by atoms with E-state index >= 15 is 0 Å². The number of sulfonamides is 1. The molecule has 0 aliphatic carbocycles. The summed E-state index contributed by atoms with van der Waals surface area (Å²) >= 11 is 0. The molecule has 0 atom stereocenters. The SMILES string of the molecule is O=C(Nc1cccc(CN2CCCCC2)c1)c1ccc(S(=O)(=O)Nc2ccccc2F)cc1. The van der Waals surface area contributed by atoms with Gasteiger partial charge in [0, 0.05) is 17.8 Å². The zero-order valence-electron chi connectivity index (χ0n) is 18.1. The smallest absolute Gasteiger partial charge is 0.261 e. The minimum absolute atomic E-state index is 0.0640. The third-order valence-electron chi connectivity index (χ3n) is 5.58. The van der Waals surface area contributed by atoms with E-state index in [4.69, 9.17) is 0 Å². The van der Waals surface area contributed by atoms with Gasteiger partial charge in [-0.25, -0.2) is 12.8 Å². The van der Waals surface area contributed by atoms with Crippen LogP contribution in [0, 0.1) is 5.82 Å². The fourth-order valence-electron chi connectivity index (χ4n) is 3.86. The Balaban J connectivity index is 1.41. The van der Waals surface area contributed by atoms with E-state index in [2.05, 4.69) is 14.9 Å². The highest BCUT2D eigenvalue weighted by atomic mass is 32.2. The van der Waals surface area contributed by atoms with Crippen LogP contribution in [0.15, 0.2) is 77.7 Å². The Morgan fingerprint density at radius 3 is 2.36 bits per heavy atom. The van der Waals surface area contributed by atoms with Crippen molar-refractivity contribution in [2.75, 3.05) is 23.1 Å². The zero-order chi connectivity index (χ0) is 23.3. The Labute approximate surface area is 193 Å². The van der Waals surface area contributed by atoms with Gasteiger partial charge in [-0.1, -0.05) is 30.7 Å². The van der Waals surface area contributed by atoms with Crippen LogP contribution in [-0.2, 0) is 16.6 Å². The van der Waals surface area contributed by atoms with E-state index in [1.165, 1.54) is 67.8 Å². The Bertz CT molecular complexity index is 1220. The molecule has 4 rings (SSSR count). The van der Waals surface area contributed by atoms with Gasteiger partial charge < -0.3 is 5.32 Å². The van der Waals surface area contributed by atoms with Crippen LogP contribution in [0.1, 0.15) is 35.2 Å². The van der Waals surface area contributed by atoms with Crippen molar-refractivity contribution in [3.8, 4) is 0 Å². The molecule has 0 spiro atoms. The number of amides is 1. The average Bonchev–Trinajstić information content (AvgIpc) is 2.81. The van der Waals surface area contributed by atoms with Gasteiger partial charge in [0.2, 0.25) is 0 Å². The lowest BCUT2D eigenvalue weighted by Gasteiger charge is -2.26. The Morgan fingerprint density at radius 2 is 1.64 bits per heavy atom. The second kappa shape index (κ2) is 10.1. The lowest BCUT2D eigenvalue weighted by atomic mass is 10.1. The predicted octanol–water partition coefficient (Wildman–Crippen LogP) is 4.86. The Kier molecular flexibility index (Phi) is 7.05. The minimum atomic E-state index is -3.98. The van der Waals surface area contributed by atoms with E-state index in [9.17, 15) is 17.6 Å². The van der Waals surface area contributed by atoms with Crippen molar-refractivity contribution in [3.63, 3.8) is 0 Å². The van der Waals surface area contributed by atoms with Gasteiger partial charge in [0.05, 0.1) is 10.6 Å². The molecule has 3 aromatic rings. The van der Waals surface area contributed by atoms with Crippen LogP contribution in [0.5, 0.6) is 0 Å². The lowest BCUT2D eigenvalue weighted by molar-refractivity contribution is 0.102. The molecule has 1 fully saturated rings. The molecule has 172 valence electrons. The van der Waals surface area contributed by atoms with Crippen molar-refractivity contribution >= 4 is 27.3 Å². The van der Waals surface area contributed by atoms with Crippen molar-refractivity contribution < 1.29 is 17.6 Å². The highest BCUT2D eigenvalue weighted by Crippen LogP contribution is 2.20. The molecule has 1 saturated heterocycles. The lowest BCUT2D eigenvalue weighted by Crippen LogP contribution is -2.29. The monoisotopic (exact) mass is 467 g/mol. The standard InChI is InChI=1S/C25H26FN3O3S/c26-23-9-2-3-10-24(23)28-33(31,32)22-13-11-20(12-14-22)25(30)27-21-8-6-7-19(17-21)18-29-15-4-1-5-16-29/h2-3,6-14,17,28H,1,4-5,15-16,18H2,(H,27,30). The number of likely N-dealkylation sites (tertiary alicyclic amines) is 1. The topological polar surface area (TPSA) is 78.5 Å². The van der Waals surface area contributed by atoms with E-state index < -0.39 is 15.8 Å². The molecule has 0 unspecified atom stereocenters. The highest BCUT2D eigenvalue weighted by molar-refractivity contribution is 7.92. The largest absolute Gasteiger partial charge is 0.322 e. The molecule has 3 aromatic carbocycles. The third-order valence-corrected chi connectivity index (χ3v) is 6.97. The van der Waals surface area contributed by atoms with Crippen molar-refractivity contribution in [1.82, 2.24) is 4.90 Å². The van der Waals surface area contributed by atoms with Gasteiger partial charge in [-0.15, -0.1) is 0 Å². The number of hydrogen-bond donors (Lipinski definition) is 2. The van der Waals surface area contributed by atoms with Gasteiger partial charge >= 0.3 is 0 Å². The molecule has 1 aliphatic rings. The maximum absolute atomic E-state index is 13.8. The first kappa shape index (κ1) is 22.9. The third kappa shape index (κ3) is 5.97. The second-order valence-electron chi connectivity index (χ2n) is 8.10. The molecule has 8 heteroatoms. The fourth-order valence-corrected chi connectivity index (χ4v) is 4.93. The summed E-state index contributed by atoms with van der Waals surface area (Å²) in [5.74, 6) is -1.00. The summed E-state index contributed by atoms with van der Waals surface area (Å²) < 4.78 is 41.1. The molecule has 1 amide bonds. The predicted molar refractivity (Wildman–Crippen MR) is 127 cm³/mol. The summed E-state index contributed by atoms with van der Waals surface area (Å²) in [5, 5.41) is 2.87. The number of rotatable bonds is 7. The van der Waals surface area contributed by atoms with Crippen molar-refractivity contribution in [1.29, 1.82) is 0 Å². The van der Waals surface area contributed by atoms with Crippen LogP contribution in [-0.4, -0.2) is 32.3 Å². The summed E-state index contributed by atoms with van der Waals surface area (Å²) in [6.07, 6.45) is 3.72. The molecular weight excluding hydrogens is 441 g/mol. The van der Waals surface area contributed by atoms with Gasteiger partial charge in [0.25, 0.3) is 15.9 Å². The molecule has 6 nitrogen and oxygen atoms in total. The number of nitrogens with zero attached hydrogens (tertiary/aromatic N) is 1. The maximum atomic E-state index is 13.8. The summed E-state index contributed by atoms with van der Waals surface area (Å²) in [5.41, 5.74) is 2.01. The van der Waals surface area contributed by atoms with Crippen LogP contribution >= 0.6 is 0 Å². The number of hydrogen-bond acceptors (Lipinski definition) is 4. The van der Waals surface area contributed by atoms with E-state index in [1.54, 1.807) is 0 Å². The van der Waals surface area contributed by atoms with Crippen molar-refractivity contribution in [2.24, 2.45) is 0 Å². The molecule has 1 heterocycles. The number of halogens is 1. The first-order chi connectivity index (χ1) is 15.9. The van der Waals surface area contributed by atoms with Gasteiger partial charge in [-0.05, 0) is 80.0 Å². The number of anilines is 2. The van der Waals surface area contributed by atoms with Crippen LogP contribution in [0.2, 0.25) is 0 Å². The number of piperidine rings is 1. The van der Waals surface area contributed by atoms with E-state index in [-0.39, 0.29) is 16.5 Å². The molecule has 1 aliphatic heterocycles. The number of para-hydroxylation sites is 1. The number of carbonyl (C=O) groups is 1. The summed E-state index contributed by atoms with van der Waals surface area (Å²) in [4.78, 5) is 15.0. The zero-order valence-corrected chi connectivity index (χ0v) is 18.9. The quantitative estimate of drug-likeness (QED) is 0.520. The van der Waals surface area contributed by atoms with Gasteiger partial charge in [-0.3, -0.25) is 14.4 Å². The molecule has 2 N–H and O–H groups in total. The van der Waals surface area contributed by atoms with Crippen molar-refractivity contribution in [2.45, 2.75) is 30.7 Å². The molecule has 0 aromatic heterocycles. The number of carbonyl (C=O) groups excluding carboxylic acids is 1. The highest BCUT2D eigenvalue weighted by Gasteiger charge is 2.17. The maximum Gasteiger partial charge on any atom is 0.261 e. The molecule has 0 saturated carbocycles. The Morgan fingerprint density at radius 1 is 0.909 bits per heavy atom. The van der Waals surface area contributed by atoms with Crippen molar-refractivity contribution in [3.05, 3.63) is 89.7 Å². The van der Waals surface area contributed by atoms with E-state index in [0.717, 1.165) is 25.2 Å². The first-order valence-electron chi connectivity index (χ1n) is 10.9. The minimum Gasteiger partial charge on any atom is -0.322 e. The Hall–Kier alpha value is -3.23. The second-order valence-corrected chi connectivity index (χ2v) is 9.78. The first-order valence-corrected chi connectivity index (χ1v) is 12.4. The average molecular weight is 468 g/mol. The molecular formula is C25H26FN3O3S. The van der Waals surface area contributed by atoms with Gasteiger partial charge in [0.15, 0.2) is 0 Å². The van der Waals surface area contributed by atoms with Crippen LogP contribution in [0.25, 0.3) is 0 Å². The fraction of sp³-hybridized carbons (Fsp3) is 0.240. The van der Waals surface area contributed by atoms with Crippen LogP contribution in [0.3, 0.4) is 0 Å². The van der Waals surface area contributed by atoms with E-state index in [1.807, 2.05) is 24.3 Å². The summed E-state index contributed by atoms with van der Waals surface area (Å²) in [7, 11) is -3.98. The summed E-state index contributed by atoms with van der Waals surface area (Å²) in [6.45, 7) is 3.04. The van der Waals surface area contributed by atoms with Gasteiger partial charge in [0.1, 0.15) is 5.82 Å². The number of benzene rings is 3. The van der Waals surface area contributed by atoms with Gasteiger partial charge in [-0.2, -0.15) is 0 Å². The van der Waals surface area contributed by atoms with Crippen LogP contribution < -0.4 is 10.0 Å². The summed E-state index contributed by atoms with van der Waals surface area (Å²) in [6, 6.07) is 18.8. The molecule has 0 radical (unpaired) electrons. The van der Waals surface area contributed by atoms with Crippen LogP contribution in [0.4, 0.5) is 15.8 Å². The normalized spacial score (nSPS) is 14.6. The molecule has 0 bridgehead atoms. The number of nitrogens with one attached hydrogen (secondary N) is 2. The van der Waals surface area contributed by atoms with E-state index in [0.29, 0.717) is 11.3 Å². The molecule has 33 heavy (non-hydrogen) atoms.